The number of carbonyl (C=O) groups is 1. The molecule has 2 rings (SSSR count). The van der Waals surface area contributed by atoms with Crippen LogP contribution in [0.3, 0.4) is 0 Å². The van der Waals surface area contributed by atoms with Gasteiger partial charge in [0.15, 0.2) is 15.8 Å². The molecule has 0 aromatic heterocycles. The lowest BCUT2D eigenvalue weighted by Crippen LogP contribution is -2.44. The monoisotopic (exact) mass is 442 g/mol. The predicted octanol–water partition coefficient (Wildman–Crippen LogP) is 1.77. The van der Waals surface area contributed by atoms with Gasteiger partial charge in [-0.15, -0.1) is 0 Å². The summed E-state index contributed by atoms with van der Waals surface area (Å²) < 4.78 is 22.9. The van der Waals surface area contributed by atoms with E-state index in [2.05, 4.69) is 40.9 Å². The van der Waals surface area contributed by atoms with Crippen molar-refractivity contribution in [3.05, 3.63) is 34.9 Å². The van der Waals surface area contributed by atoms with Crippen molar-refractivity contribution in [3.8, 4) is 0 Å². The van der Waals surface area contributed by atoms with Crippen LogP contribution in [0.25, 0.3) is 0 Å². The summed E-state index contributed by atoms with van der Waals surface area (Å²) in [6.45, 7) is 5.44. The van der Waals surface area contributed by atoms with Crippen LogP contribution in [0.4, 0.5) is 0 Å². The number of amides is 1. The standard InChI is InChI=1S/C20H31ClN4O3S/c1-20(2,12-15-5-4-6-16(21)11-15)14-24-19(22-3)23-9-7-18(26)25-17-8-10-29(27,28)13-17/h4-6,11,17H,7-10,12-14H2,1-3H3,(H,25,26)(H2,22,23,24). The lowest BCUT2D eigenvalue weighted by atomic mass is 9.86. The van der Waals surface area contributed by atoms with Gasteiger partial charge in [-0.2, -0.15) is 0 Å². The third-order valence-electron chi connectivity index (χ3n) is 4.77. The highest BCUT2D eigenvalue weighted by molar-refractivity contribution is 7.91. The van der Waals surface area contributed by atoms with Crippen molar-refractivity contribution in [2.45, 2.75) is 39.2 Å². The zero-order valence-corrected chi connectivity index (χ0v) is 18.9. The van der Waals surface area contributed by atoms with E-state index in [4.69, 9.17) is 11.6 Å². The maximum absolute atomic E-state index is 12.0. The Balaban J connectivity index is 1.71. The second-order valence-electron chi connectivity index (χ2n) is 8.24. The Hall–Kier alpha value is -1.80. The number of nitrogens with zero attached hydrogens (tertiary/aromatic N) is 1. The van der Waals surface area contributed by atoms with E-state index < -0.39 is 9.84 Å². The highest BCUT2D eigenvalue weighted by atomic mass is 35.5. The summed E-state index contributed by atoms with van der Waals surface area (Å²) in [6.07, 6.45) is 1.61. The van der Waals surface area contributed by atoms with Gasteiger partial charge >= 0.3 is 0 Å². The molecule has 1 amide bonds. The number of guanidine groups is 1. The van der Waals surface area contributed by atoms with Gasteiger partial charge in [0.2, 0.25) is 5.91 Å². The second-order valence-corrected chi connectivity index (χ2v) is 10.9. The molecule has 1 aliphatic rings. The van der Waals surface area contributed by atoms with Crippen LogP contribution in [0.5, 0.6) is 0 Å². The Bertz CT molecular complexity index is 840. The molecular weight excluding hydrogens is 412 g/mol. The van der Waals surface area contributed by atoms with Crippen molar-refractivity contribution in [3.63, 3.8) is 0 Å². The molecule has 0 bridgehead atoms. The summed E-state index contributed by atoms with van der Waals surface area (Å²) in [7, 11) is -1.31. The zero-order chi connectivity index (χ0) is 21.5. The van der Waals surface area contributed by atoms with Gasteiger partial charge in [-0.25, -0.2) is 8.42 Å². The van der Waals surface area contributed by atoms with Gasteiger partial charge in [0, 0.05) is 37.6 Å². The van der Waals surface area contributed by atoms with E-state index in [1.54, 1.807) is 7.05 Å². The molecule has 1 heterocycles. The molecule has 0 saturated carbocycles. The molecule has 0 spiro atoms. The number of hydrogen-bond donors (Lipinski definition) is 3. The van der Waals surface area contributed by atoms with Gasteiger partial charge in [-0.3, -0.25) is 9.79 Å². The quantitative estimate of drug-likeness (QED) is 0.421. The molecule has 1 saturated heterocycles. The highest BCUT2D eigenvalue weighted by Crippen LogP contribution is 2.22. The van der Waals surface area contributed by atoms with Gasteiger partial charge in [0.25, 0.3) is 0 Å². The summed E-state index contributed by atoms with van der Waals surface area (Å²) in [5, 5.41) is 9.94. The van der Waals surface area contributed by atoms with Crippen molar-refractivity contribution in [1.82, 2.24) is 16.0 Å². The molecule has 1 unspecified atom stereocenters. The van der Waals surface area contributed by atoms with Crippen LogP contribution in [0.1, 0.15) is 32.3 Å². The molecule has 29 heavy (non-hydrogen) atoms. The molecule has 1 atom stereocenters. The number of benzene rings is 1. The minimum absolute atomic E-state index is 0.0202. The van der Waals surface area contributed by atoms with Crippen LogP contribution in [0.15, 0.2) is 29.3 Å². The molecule has 1 fully saturated rings. The number of hydrogen-bond acceptors (Lipinski definition) is 4. The van der Waals surface area contributed by atoms with Gasteiger partial charge in [-0.05, 0) is 36.0 Å². The van der Waals surface area contributed by atoms with Crippen molar-refractivity contribution >= 4 is 33.3 Å². The van der Waals surface area contributed by atoms with Crippen molar-refractivity contribution in [2.75, 3.05) is 31.6 Å². The third kappa shape index (κ3) is 8.62. The first-order valence-corrected chi connectivity index (χ1v) is 12.0. The highest BCUT2D eigenvalue weighted by Gasteiger charge is 2.28. The third-order valence-corrected chi connectivity index (χ3v) is 6.77. The maximum Gasteiger partial charge on any atom is 0.222 e. The van der Waals surface area contributed by atoms with Crippen LogP contribution < -0.4 is 16.0 Å². The van der Waals surface area contributed by atoms with Crippen LogP contribution in [0, 0.1) is 5.41 Å². The first-order valence-electron chi connectivity index (χ1n) is 9.77. The summed E-state index contributed by atoms with van der Waals surface area (Å²) in [6, 6.07) is 7.59. The Morgan fingerprint density at radius 2 is 2.07 bits per heavy atom. The molecule has 1 aliphatic heterocycles. The Morgan fingerprint density at radius 1 is 1.31 bits per heavy atom. The smallest absolute Gasteiger partial charge is 0.222 e. The SMILES string of the molecule is CN=C(NCCC(=O)NC1CCS(=O)(=O)C1)NCC(C)(C)Cc1cccc(Cl)c1. The molecule has 7 nitrogen and oxygen atoms in total. The fourth-order valence-electron chi connectivity index (χ4n) is 3.31. The largest absolute Gasteiger partial charge is 0.356 e. The van der Waals surface area contributed by atoms with Gasteiger partial charge in [0.05, 0.1) is 11.5 Å². The summed E-state index contributed by atoms with van der Waals surface area (Å²) in [5.74, 6) is 0.659. The van der Waals surface area contributed by atoms with E-state index in [0.29, 0.717) is 25.5 Å². The molecule has 162 valence electrons. The molecule has 1 aromatic carbocycles. The lowest BCUT2D eigenvalue weighted by Gasteiger charge is -2.26. The minimum Gasteiger partial charge on any atom is -0.356 e. The van der Waals surface area contributed by atoms with Crippen LogP contribution in [0.2, 0.25) is 5.02 Å². The molecular formula is C20H31ClN4O3S. The van der Waals surface area contributed by atoms with E-state index in [0.717, 1.165) is 11.4 Å². The van der Waals surface area contributed by atoms with Crippen molar-refractivity contribution < 1.29 is 13.2 Å². The number of aliphatic imine (C=N–C) groups is 1. The van der Waals surface area contributed by atoms with E-state index in [1.165, 1.54) is 5.56 Å². The van der Waals surface area contributed by atoms with Crippen LogP contribution in [-0.4, -0.2) is 58.0 Å². The fraction of sp³-hybridized carbons (Fsp3) is 0.600. The Kier molecular flexibility index (Phi) is 8.34. The molecule has 0 radical (unpaired) electrons. The Morgan fingerprint density at radius 3 is 2.69 bits per heavy atom. The van der Waals surface area contributed by atoms with Crippen molar-refractivity contribution in [1.29, 1.82) is 0 Å². The van der Waals surface area contributed by atoms with Crippen molar-refractivity contribution in [2.24, 2.45) is 10.4 Å². The van der Waals surface area contributed by atoms with E-state index in [1.807, 2.05) is 18.2 Å². The normalized spacial score (nSPS) is 19.0. The maximum atomic E-state index is 12.0. The number of sulfone groups is 1. The first kappa shape index (κ1) is 23.5. The summed E-state index contributed by atoms with van der Waals surface area (Å²) >= 11 is 6.07. The predicted molar refractivity (Wildman–Crippen MR) is 118 cm³/mol. The minimum atomic E-state index is -2.99. The molecule has 3 N–H and O–H groups in total. The second kappa shape index (κ2) is 10.3. The van der Waals surface area contributed by atoms with E-state index in [9.17, 15) is 13.2 Å². The lowest BCUT2D eigenvalue weighted by molar-refractivity contribution is -0.121. The first-order chi connectivity index (χ1) is 13.6. The van der Waals surface area contributed by atoms with Gasteiger partial charge < -0.3 is 16.0 Å². The average molecular weight is 443 g/mol. The molecule has 1 aromatic rings. The topological polar surface area (TPSA) is 99.7 Å². The average Bonchev–Trinajstić information content (AvgIpc) is 2.95. The summed E-state index contributed by atoms with van der Waals surface area (Å²) in [5.41, 5.74) is 1.16. The zero-order valence-electron chi connectivity index (χ0n) is 17.3. The summed E-state index contributed by atoms with van der Waals surface area (Å²) in [4.78, 5) is 16.2. The fourth-order valence-corrected chi connectivity index (χ4v) is 5.19. The van der Waals surface area contributed by atoms with Crippen LogP contribution >= 0.6 is 11.6 Å². The van der Waals surface area contributed by atoms with E-state index in [-0.39, 0.29) is 35.3 Å². The number of halogens is 1. The Labute approximate surface area is 178 Å². The number of carbonyl (C=O) groups excluding carboxylic acids is 1. The molecule has 9 heteroatoms. The molecule has 0 aliphatic carbocycles. The number of nitrogens with one attached hydrogen (secondary N) is 3. The van der Waals surface area contributed by atoms with Gasteiger partial charge in [-0.1, -0.05) is 37.6 Å². The van der Waals surface area contributed by atoms with Gasteiger partial charge in [0.1, 0.15) is 0 Å². The van der Waals surface area contributed by atoms with Crippen LogP contribution in [-0.2, 0) is 21.1 Å². The van der Waals surface area contributed by atoms with E-state index >= 15 is 0 Å². The number of rotatable bonds is 8.